The van der Waals surface area contributed by atoms with Gasteiger partial charge in [-0.15, -0.1) is 0 Å². The number of aryl methyl sites for hydroxylation is 1. The fourth-order valence-corrected chi connectivity index (χ4v) is 1.96. The van der Waals surface area contributed by atoms with Crippen molar-refractivity contribution in [3.63, 3.8) is 0 Å². The Hall–Kier alpha value is -1.31. The Labute approximate surface area is 77.7 Å². The fraction of sp³-hybridized carbons (Fsp3) is 0.364. The first-order chi connectivity index (χ1) is 6.34. The van der Waals surface area contributed by atoms with Crippen LogP contribution in [0.5, 0.6) is 0 Å². The predicted octanol–water partition coefficient (Wildman–Crippen LogP) is 1.69. The molecule has 0 radical (unpaired) electrons. The SMILES string of the molecule is Cc1cccc(C2=NNC3CC23)c1. The number of benzene rings is 1. The van der Waals surface area contributed by atoms with E-state index in [1.807, 2.05) is 0 Å². The Kier molecular flexibility index (Phi) is 1.29. The summed E-state index contributed by atoms with van der Waals surface area (Å²) >= 11 is 0. The smallest absolute Gasteiger partial charge is 0.0728 e. The molecule has 2 unspecified atom stereocenters. The minimum Gasteiger partial charge on any atom is -0.306 e. The summed E-state index contributed by atoms with van der Waals surface area (Å²) in [6.45, 7) is 2.12. The monoisotopic (exact) mass is 172 g/mol. The van der Waals surface area contributed by atoms with Crippen molar-refractivity contribution in [1.82, 2.24) is 5.43 Å². The van der Waals surface area contributed by atoms with Crippen LogP contribution >= 0.6 is 0 Å². The van der Waals surface area contributed by atoms with Gasteiger partial charge in [-0.1, -0.05) is 29.8 Å². The molecule has 0 spiro atoms. The van der Waals surface area contributed by atoms with Crippen LogP contribution in [0.2, 0.25) is 0 Å². The molecule has 1 fully saturated rings. The molecule has 2 heteroatoms. The largest absolute Gasteiger partial charge is 0.306 e. The first kappa shape index (κ1) is 7.13. The van der Waals surface area contributed by atoms with Crippen molar-refractivity contribution >= 4 is 5.71 Å². The summed E-state index contributed by atoms with van der Waals surface area (Å²) in [5, 5.41) is 4.34. The zero-order chi connectivity index (χ0) is 8.84. The number of nitrogens with zero attached hydrogens (tertiary/aromatic N) is 1. The Bertz CT molecular complexity index is 381. The molecule has 1 aliphatic carbocycles. The van der Waals surface area contributed by atoms with Crippen LogP contribution in [0, 0.1) is 12.8 Å². The summed E-state index contributed by atoms with van der Waals surface area (Å²) < 4.78 is 0. The third kappa shape index (κ3) is 1.05. The van der Waals surface area contributed by atoms with Crippen molar-refractivity contribution in [3.05, 3.63) is 35.4 Å². The molecule has 0 aromatic heterocycles. The van der Waals surface area contributed by atoms with Gasteiger partial charge in [0.25, 0.3) is 0 Å². The van der Waals surface area contributed by atoms with Gasteiger partial charge in [-0.2, -0.15) is 5.10 Å². The van der Waals surface area contributed by atoms with Crippen molar-refractivity contribution in [2.24, 2.45) is 11.0 Å². The van der Waals surface area contributed by atoms with E-state index in [1.165, 1.54) is 23.3 Å². The van der Waals surface area contributed by atoms with Gasteiger partial charge in [-0.05, 0) is 18.9 Å². The van der Waals surface area contributed by atoms with Crippen molar-refractivity contribution in [2.75, 3.05) is 0 Å². The second kappa shape index (κ2) is 2.34. The van der Waals surface area contributed by atoms with Crippen LogP contribution in [0.4, 0.5) is 0 Å². The molecule has 1 aliphatic heterocycles. The molecule has 3 rings (SSSR count). The molecule has 1 aromatic carbocycles. The molecule has 2 aliphatic rings. The van der Waals surface area contributed by atoms with Crippen LogP contribution in [0.3, 0.4) is 0 Å². The predicted molar refractivity (Wildman–Crippen MR) is 52.7 cm³/mol. The topological polar surface area (TPSA) is 24.4 Å². The molecule has 1 aromatic rings. The number of hydrogen-bond donors (Lipinski definition) is 1. The highest BCUT2D eigenvalue weighted by molar-refractivity contribution is 6.05. The summed E-state index contributed by atoms with van der Waals surface area (Å²) in [6.07, 6.45) is 1.27. The van der Waals surface area contributed by atoms with Crippen LogP contribution in [0.15, 0.2) is 29.4 Å². The molecule has 2 nitrogen and oxygen atoms in total. The molecular weight excluding hydrogens is 160 g/mol. The first-order valence-electron chi connectivity index (χ1n) is 4.75. The molecule has 0 amide bonds. The average Bonchev–Trinajstić information content (AvgIpc) is 2.78. The maximum Gasteiger partial charge on any atom is 0.0728 e. The van der Waals surface area contributed by atoms with Crippen molar-refractivity contribution in [2.45, 2.75) is 19.4 Å². The molecule has 0 saturated heterocycles. The lowest BCUT2D eigenvalue weighted by Gasteiger charge is -2.01. The number of rotatable bonds is 1. The van der Waals surface area contributed by atoms with E-state index in [9.17, 15) is 0 Å². The number of nitrogens with one attached hydrogen (secondary N) is 1. The maximum atomic E-state index is 4.34. The van der Waals surface area contributed by atoms with Crippen molar-refractivity contribution in [1.29, 1.82) is 0 Å². The third-order valence-corrected chi connectivity index (χ3v) is 2.81. The highest BCUT2D eigenvalue weighted by Gasteiger charge is 2.45. The summed E-state index contributed by atoms with van der Waals surface area (Å²) in [7, 11) is 0. The zero-order valence-corrected chi connectivity index (χ0v) is 7.62. The minimum absolute atomic E-state index is 0.649. The summed E-state index contributed by atoms with van der Waals surface area (Å²) in [6, 6.07) is 9.23. The molecule has 1 saturated carbocycles. The number of hydrazone groups is 1. The van der Waals surface area contributed by atoms with Crippen LogP contribution < -0.4 is 5.43 Å². The van der Waals surface area contributed by atoms with E-state index in [0.717, 1.165) is 0 Å². The molecule has 2 atom stereocenters. The lowest BCUT2D eigenvalue weighted by molar-refractivity contribution is 0.759. The van der Waals surface area contributed by atoms with Gasteiger partial charge in [0, 0.05) is 5.92 Å². The van der Waals surface area contributed by atoms with Crippen LogP contribution in [0.25, 0.3) is 0 Å². The first-order valence-corrected chi connectivity index (χ1v) is 4.75. The standard InChI is InChI=1S/C11H12N2/c1-7-3-2-4-8(5-7)11-9-6-10(9)12-13-11/h2-5,9-10,12H,6H2,1H3. The maximum absolute atomic E-state index is 4.34. The van der Waals surface area contributed by atoms with E-state index < -0.39 is 0 Å². The van der Waals surface area contributed by atoms with Crippen LogP contribution in [-0.4, -0.2) is 11.8 Å². The van der Waals surface area contributed by atoms with Crippen molar-refractivity contribution in [3.8, 4) is 0 Å². The normalized spacial score (nSPS) is 29.2. The quantitative estimate of drug-likeness (QED) is 0.685. The number of hydrogen-bond acceptors (Lipinski definition) is 2. The Morgan fingerprint density at radius 3 is 3.00 bits per heavy atom. The summed E-state index contributed by atoms with van der Waals surface area (Å²) in [4.78, 5) is 0. The van der Waals surface area contributed by atoms with E-state index in [-0.39, 0.29) is 0 Å². The van der Waals surface area contributed by atoms with Gasteiger partial charge in [0.2, 0.25) is 0 Å². The molecular formula is C11H12N2. The van der Waals surface area contributed by atoms with Crippen LogP contribution in [-0.2, 0) is 0 Å². The molecule has 1 N–H and O–H groups in total. The number of fused-ring (bicyclic) bond motifs is 1. The van der Waals surface area contributed by atoms with E-state index in [0.29, 0.717) is 12.0 Å². The lowest BCUT2D eigenvalue weighted by Crippen LogP contribution is -2.03. The van der Waals surface area contributed by atoms with E-state index in [4.69, 9.17) is 0 Å². The summed E-state index contributed by atoms with van der Waals surface area (Å²) in [5.41, 5.74) is 7.01. The van der Waals surface area contributed by atoms with Gasteiger partial charge in [0.15, 0.2) is 0 Å². The highest BCUT2D eigenvalue weighted by Crippen LogP contribution is 2.38. The average molecular weight is 172 g/mol. The zero-order valence-electron chi connectivity index (χ0n) is 7.62. The molecule has 1 heterocycles. The molecule has 13 heavy (non-hydrogen) atoms. The van der Waals surface area contributed by atoms with E-state index >= 15 is 0 Å². The third-order valence-electron chi connectivity index (χ3n) is 2.81. The van der Waals surface area contributed by atoms with Gasteiger partial charge in [-0.3, -0.25) is 0 Å². The fourth-order valence-electron chi connectivity index (χ4n) is 1.96. The van der Waals surface area contributed by atoms with Gasteiger partial charge in [0.05, 0.1) is 11.8 Å². The molecule has 66 valence electrons. The Morgan fingerprint density at radius 2 is 2.38 bits per heavy atom. The van der Waals surface area contributed by atoms with Gasteiger partial charge in [0.1, 0.15) is 0 Å². The second-order valence-electron chi connectivity index (χ2n) is 3.94. The van der Waals surface area contributed by atoms with Crippen molar-refractivity contribution < 1.29 is 0 Å². The highest BCUT2D eigenvalue weighted by atomic mass is 15.4. The minimum atomic E-state index is 0.649. The van der Waals surface area contributed by atoms with E-state index in [2.05, 4.69) is 41.7 Å². The van der Waals surface area contributed by atoms with Gasteiger partial charge in [-0.25, -0.2) is 0 Å². The van der Waals surface area contributed by atoms with Gasteiger partial charge >= 0.3 is 0 Å². The molecule has 0 bridgehead atoms. The Morgan fingerprint density at radius 1 is 1.46 bits per heavy atom. The Balaban J connectivity index is 2.00. The van der Waals surface area contributed by atoms with Gasteiger partial charge < -0.3 is 5.43 Å². The van der Waals surface area contributed by atoms with Crippen LogP contribution in [0.1, 0.15) is 17.5 Å². The van der Waals surface area contributed by atoms with E-state index in [1.54, 1.807) is 0 Å². The lowest BCUT2D eigenvalue weighted by atomic mass is 10.0. The summed E-state index contributed by atoms with van der Waals surface area (Å²) in [5.74, 6) is 0.696. The second-order valence-corrected chi connectivity index (χ2v) is 3.94.